The summed E-state index contributed by atoms with van der Waals surface area (Å²) in [6.45, 7) is 1.90. The zero-order valence-corrected chi connectivity index (χ0v) is 11.0. The second kappa shape index (κ2) is 5.80. The Hall–Kier alpha value is -1.94. The second-order valence-corrected chi connectivity index (χ2v) is 4.55. The Kier molecular flexibility index (Phi) is 4.12. The van der Waals surface area contributed by atoms with E-state index in [1.165, 1.54) is 12.1 Å². The summed E-state index contributed by atoms with van der Waals surface area (Å²) in [5, 5.41) is 2.84. The van der Waals surface area contributed by atoms with Crippen molar-refractivity contribution in [1.82, 2.24) is 4.98 Å². The van der Waals surface area contributed by atoms with Crippen LogP contribution in [0.1, 0.15) is 11.1 Å². The van der Waals surface area contributed by atoms with Crippen LogP contribution in [0.4, 0.5) is 10.2 Å². The summed E-state index contributed by atoms with van der Waals surface area (Å²) in [6, 6.07) is 7.85. The Labute approximate surface area is 115 Å². The molecule has 0 saturated carbocycles. The summed E-state index contributed by atoms with van der Waals surface area (Å²) in [5.41, 5.74) is 1.18. The van der Waals surface area contributed by atoms with Gasteiger partial charge in [-0.2, -0.15) is 0 Å². The maximum Gasteiger partial charge on any atom is 0.230 e. The van der Waals surface area contributed by atoms with E-state index in [1.807, 2.05) is 13.0 Å². The molecule has 1 aromatic heterocycles. The van der Waals surface area contributed by atoms with Crippen molar-refractivity contribution in [3.8, 4) is 0 Å². The number of nitrogens with one attached hydrogen (secondary N) is 1. The first-order valence-electron chi connectivity index (χ1n) is 5.71. The van der Waals surface area contributed by atoms with Crippen molar-refractivity contribution in [2.24, 2.45) is 0 Å². The molecule has 98 valence electrons. The van der Waals surface area contributed by atoms with Gasteiger partial charge in [0.25, 0.3) is 0 Å². The van der Waals surface area contributed by atoms with E-state index in [-0.39, 0.29) is 22.9 Å². The highest BCUT2D eigenvalue weighted by Crippen LogP contribution is 2.19. The highest BCUT2D eigenvalue weighted by Gasteiger charge is 2.12. The molecule has 0 unspecified atom stereocenters. The van der Waals surface area contributed by atoms with E-state index in [0.717, 1.165) is 5.56 Å². The fourth-order valence-electron chi connectivity index (χ4n) is 1.59. The van der Waals surface area contributed by atoms with E-state index < -0.39 is 5.82 Å². The molecule has 0 aliphatic carbocycles. The van der Waals surface area contributed by atoms with E-state index in [4.69, 9.17) is 11.6 Å². The number of hydrogen-bond donors (Lipinski definition) is 1. The van der Waals surface area contributed by atoms with Gasteiger partial charge in [-0.15, -0.1) is 0 Å². The van der Waals surface area contributed by atoms with E-state index >= 15 is 0 Å². The minimum Gasteiger partial charge on any atom is -0.310 e. The Balaban J connectivity index is 2.07. The van der Waals surface area contributed by atoms with Crippen molar-refractivity contribution >= 4 is 23.3 Å². The molecule has 1 aromatic carbocycles. The number of hydrogen-bond acceptors (Lipinski definition) is 2. The van der Waals surface area contributed by atoms with Gasteiger partial charge in [-0.25, -0.2) is 9.37 Å². The van der Waals surface area contributed by atoms with Gasteiger partial charge in [0.15, 0.2) is 0 Å². The lowest BCUT2D eigenvalue weighted by Crippen LogP contribution is -2.16. The predicted molar refractivity (Wildman–Crippen MR) is 72.7 cm³/mol. The van der Waals surface area contributed by atoms with Gasteiger partial charge in [0.05, 0.1) is 6.42 Å². The normalized spacial score (nSPS) is 10.3. The third-order valence-corrected chi connectivity index (χ3v) is 2.93. The first kappa shape index (κ1) is 13.5. The van der Waals surface area contributed by atoms with Crippen LogP contribution in [0.15, 0.2) is 36.5 Å². The molecule has 1 N–H and O–H groups in total. The summed E-state index contributed by atoms with van der Waals surface area (Å²) in [7, 11) is 0. The van der Waals surface area contributed by atoms with Crippen molar-refractivity contribution < 1.29 is 9.18 Å². The number of rotatable bonds is 3. The average Bonchev–Trinajstić information content (AvgIpc) is 2.37. The van der Waals surface area contributed by atoms with Gasteiger partial charge in [-0.1, -0.05) is 23.7 Å². The molecule has 1 amide bonds. The fourth-order valence-corrected chi connectivity index (χ4v) is 1.82. The molecule has 5 heteroatoms. The summed E-state index contributed by atoms with van der Waals surface area (Å²) in [6.07, 6.45) is 1.52. The molecule has 3 nitrogen and oxygen atoms in total. The smallest absolute Gasteiger partial charge is 0.230 e. The lowest BCUT2D eigenvalue weighted by atomic mass is 10.1. The molecular formula is C14H12ClFN2O. The van der Waals surface area contributed by atoms with Crippen molar-refractivity contribution in [1.29, 1.82) is 0 Å². The molecule has 1 heterocycles. The number of carbonyl (C=O) groups excluding carboxylic acids is 1. The number of nitrogens with zero attached hydrogens (tertiary/aromatic N) is 1. The average molecular weight is 279 g/mol. The van der Waals surface area contributed by atoms with Gasteiger partial charge in [-0.05, 0) is 30.7 Å². The number of pyridine rings is 1. The third kappa shape index (κ3) is 3.51. The Bertz CT molecular complexity index is 579. The molecular weight excluding hydrogens is 267 g/mol. The lowest BCUT2D eigenvalue weighted by molar-refractivity contribution is -0.115. The number of aromatic nitrogens is 1. The predicted octanol–water partition coefficient (Wildman–Crippen LogP) is 3.36. The van der Waals surface area contributed by atoms with Gasteiger partial charge >= 0.3 is 0 Å². The van der Waals surface area contributed by atoms with Gasteiger partial charge in [0, 0.05) is 16.8 Å². The van der Waals surface area contributed by atoms with E-state index in [1.54, 1.807) is 18.3 Å². The minimum absolute atomic E-state index is 0.124. The highest BCUT2D eigenvalue weighted by atomic mass is 35.5. The standard InChI is InChI=1S/C14H12ClFN2O/c1-9-5-6-13(17-8-9)18-14(19)7-10-11(15)3-2-4-12(10)16/h2-6,8H,7H2,1H3,(H,17,18,19). The van der Waals surface area contributed by atoms with Crippen LogP contribution >= 0.6 is 11.6 Å². The molecule has 2 aromatic rings. The van der Waals surface area contributed by atoms with Crippen LogP contribution in [-0.4, -0.2) is 10.9 Å². The SMILES string of the molecule is Cc1ccc(NC(=O)Cc2c(F)cccc2Cl)nc1. The number of halogens is 2. The van der Waals surface area contributed by atoms with Crippen molar-refractivity contribution in [2.75, 3.05) is 5.32 Å². The van der Waals surface area contributed by atoms with E-state index in [2.05, 4.69) is 10.3 Å². The topological polar surface area (TPSA) is 42.0 Å². The number of benzene rings is 1. The third-order valence-electron chi connectivity index (χ3n) is 2.58. The first-order valence-corrected chi connectivity index (χ1v) is 6.09. The van der Waals surface area contributed by atoms with Crippen molar-refractivity contribution in [2.45, 2.75) is 13.3 Å². The van der Waals surface area contributed by atoms with Gasteiger partial charge in [0.2, 0.25) is 5.91 Å². The largest absolute Gasteiger partial charge is 0.310 e. The molecule has 0 saturated heterocycles. The zero-order chi connectivity index (χ0) is 13.8. The van der Waals surface area contributed by atoms with Crippen LogP contribution in [0.2, 0.25) is 5.02 Å². The maximum atomic E-state index is 13.5. The molecule has 0 bridgehead atoms. The van der Waals surface area contributed by atoms with Crippen LogP contribution in [0.5, 0.6) is 0 Å². The fraction of sp³-hybridized carbons (Fsp3) is 0.143. The minimum atomic E-state index is -0.487. The van der Waals surface area contributed by atoms with Crippen LogP contribution in [0.3, 0.4) is 0 Å². The second-order valence-electron chi connectivity index (χ2n) is 4.15. The number of carbonyl (C=O) groups is 1. The monoisotopic (exact) mass is 278 g/mol. The molecule has 0 radical (unpaired) electrons. The van der Waals surface area contributed by atoms with Gasteiger partial charge < -0.3 is 5.32 Å². The quantitative estimate of drug-likeness (QED) is 0.935. The Morgan fingerprint density at radius 2 is 2.16 bits per heavy atom. The molecule has 0 aliphatic heterocycles. The number of aryl methyl sites for hydroxylation is 1. The summed E-state index contributed by atoms with van der Waals surface area (Å²) < 4.78 is 13.5. The van der Waals surface area contributed by atoms with E-state index in [9.17, 15) is 9.18 Å². The zero-order valence-electron chi connectivity index (χ0n) is 10.3. The number of anilines is 1. The van der Waals surface area contributed by atoms with Crippen LogP contribution in [0.25, 0.3) is 0 Å². The molecule has 0 aliphatic rings. The molecule has 0 fully saturated rings. The lowest BCUT2D eigenvalue weighted by Gasteiger charge is -2.07. The van der Waals surface area contributed by atoms with Crippen LogP contribution < -0.4 is 5.32 Å². The highest BCUT2D eigenvalue weighted by molar-refractivity contribution is 6.31. The van der Waals surface area contributed by atoms with Gasteiger partial charge in [0.1, 0.15) is 11.6 Å². The summed E-state index contributed by atoms with van der Waals surface area (Å²) in [4.78, 5) is 15.8. The maximum absolute atomic E-state index is 13.5. The van der Waals surface area contributed by atoms with E-state index in [0.29, 0.717) is 5.82 Å². The van der Waals surface area contributed by atoms with Crippen LogP contribution in [-0.2, 0) is 11.2 Å². The molecule has 19 heavy (non-hydrogen) atoms. The Morgan fingerprint density at radius 3 is 2.79 bits per heavy atom. The van der Waals surface area contributed by atoms with Crippen molar-refractivity contribution in [3.05, 3.63) is 58.5 Å². The van der Waals surface area contributed by atoms with Crippen LogP contribution in [0, 0.1) is 12.7 Å². The van der Waals surface area contributed by atoms with Crippen molar-refractivity contribution in [3.63, 3.8) is 0 Å². The Morgan fingerprint density at radius 1 is 1.37 bits per heavy atom. The number of amides is 1. The van der Waals surface area contributed by atoms with Gasteiger partial charge in [-0.3, -0.25) is 4.79 Å². The summed E-state index contributed by atoms with van der Waals surface area (Å²) in [5.74, 6) is -0.411. The molecule has 0 spiro atoms. The summed E-state index contributed by atoms with van der Waals surface area (Å²) >= 11 is 5.86. The molecule has 0 atom stereocenters. The molecule has 2 rings (SSSR count). The first-order chi connectivity index (χ1) is 9.06.